The molecule has 2 unspecified atom stereocenters. The Morgan fingerprint density at radius 3 is 2.71 bits per heavy atom. The Hall–Kier alpha value is -1.13. The summed E-state index contributed by atoms with van der Waals surface area (Å²) in [5.74, 6) is 0.796. The lowest BCUT2D eigenvalue weighted by molar-refractivity contribution is 0.0609. The van der Waals surface area contributed by atoms with Crippen LogP contribution < -0.4 is 10.1 Å². The van der Waals surface area contributed by atoms with Crippen molar-refractivity contribution >= 4 is 0 Å². The van der Waals surface area contributed by atoms with Crippen LogP contribution in [0.5, 0.6) is 5.75 Å². The zero-order valence-electron chi connectivity index (χ0n) is 11.1. The number of nitrogens with zero attached hydrogens (tertiary/aromatic N) is 1. The fraction of sp³-hybridized carbons (Fsp3) is 0.615. The molecule has 96 valence electrons. The van der Waals surface area contributed by atoms with Crippen molar-refractivity contribution in [2.45, 2.75) is 31.9 Å². The summed E-state index contributed by atoms with van der Waals surface area (Å²) in [5, 5.41) is 3.26. The van der Waals surface area contributed by atoms with Crippen molar-refractivity contribution in [3.63, 3.8) is 0 Å². The van der Waals surface area contributed by atoms with E-state index in [0.717, 1.165) is 24.3 Å². The van der Waals surface area contributed by atoms with Crippen LogP contribution in [0.25, 0.3) is 0 Å². The van der Waals surface area contributed by atoms with Crippen LogP contribution in [-0.2, 0) is 4.74 Å². The number of pyridine rings is 1. The van der Waals surface area contributed by atoms with Crippen molar-refractivity contribution in [3.8, 4) is 5.75 Å². The largest absolute Gasteiger partial charge is 0.495 e. The monoisotopic (exact) mass is 238 g/mol. The molecule has 0 spiro atoms. The summed E-state index contributed by atoms with van der Waals surface area (Å²) in [6, 6.07) is 3.85. The van der Waals surface area contributed by atoms with E-state index in [0.29, 0.717) is 0 Å². The van der Waals surface area contributed by atoms with E-state index in [-0.39, 0.29) is 12.1 Å². The highest BCUT2D eigenvalue weighted by molar-refractivity contribution is 5.30. The van der Waals surface area contributed by atoms with Gasteiger partial charge in [0.25, 0.3) is 0 Å². The highest BCUT2D eigenvalue weighted by Crippen LogP contribution is 2.27. The molecule has 1 N–H and O–H groups in total. The third kappa shape index (κ3) is 3.41. The number of hydrogen-bond donors (Lipinski definition) is 1. The summed E-state index contributed by atoms with van der Waals surface area (Å²) < 4.78 is 10.9. The van der Waals surface area contributed by atoms with Gasteiger partial charge in [-0.05, 0) is 25.6 Å². The van der Waals surface area contributed by atoms with E-state index in [1.165, 1.54) is 0 Å². The quantitative estimate of drug-likeness (QED) is 0.790. The van der Waals surface area contributed by atoms with Crippen LogP contribution >= 0.6 is 0 Å². The molecule has 4 nitrogen and oxygen atoms in total. The molecule has 0 saturated heterocycles. The van der Waals surface area contributed by atoms with Crippen LogP contribution in [0.3, 0.4) is 0 Å². The molecule has 0 radical (unpaired) electrons. The van der Waals surface area contributed by atoms with E-state index in [2.05, 4.69) is 17.2 Å². The standard InChI is InChI=1S/C13H22N2O2/c1-5-7-10(16-3)12(14-2)13-11(17-4)8-6-9-15-13/h6,8-10,12,14H,5,7H2,1-4H3. The number of likely N-dealkylation sites (N-methyl/N-ethyl adjacent to an activating group) is 1. The zero-order chi connectivity index (χ0) is 12.7. The summed E-state index contributed by atoms with van der Waals surface area (Å²) in [6.07, 6.45) is 3.95. The number of rotatable bonds is 7. The van der Waals surface area contributed by atoms with Gasteiger partial charge in [0.15, 0.2) is 0 Å². The smallest absolute Gasteiger partial charge is 0.142 e. The maximum absolute atomic E-state index is 5.54. The topological polar surface area (TPSA) is 43.4 Å². The summed E-state index contributed by atoms with van der Waals surface area (Å²) in [4.78, 5) is 4.40. The van der Waals surface area contributed by atoms with Gasteiger partial charge in [-0.3, -0.25) is 4.98 Å². The van der Waals surface area contributed by atoms with Crippen molar-refractivity contribution < 1.29 is 9.47 Å². The molecule has 1 aromatic rings. The first-order valence-electron chi connectivity index (χ1n) is 5.97. The first-order chi connectivity index (χ1) is 8.28. The van der Waals surface area contributed by atoms with E-state index in [1.807, 2.05) is 19.2 Å². The lowest BCUT2D eigenvalue weighted by Gasteiger charge is -2.26. The fourth-order valence-electron chi connectivity index (χ4n) is 2.01. The van der Waals surface area contributed by atoms with Crippen molar-refractivity contribution in [2.75, 3.05) is 21.3 Å². The van der Waals surface area contributed by atoms with Crippen LogP contribution in [0.2, 0.25) is 0 Å². The molecule has 0 aliphatic heterocycles. The van der Waals surface area contributed by atoms with Gasteiger partial charge >= 0.3 is 0 Å². The first kappa shape index (κ1) is 13.9. The van der Waals surface area contributed by atoms with E-state index in [4.69, 9.17) is 9.47 Å². The molecule has 4 heteroatoms. The van der Waals surface area contributed by atoms with E-state index in [9.17, 15) is 0 Å². The van der Waals surface area contributed by atoms with Crippen molar-refractivity contribution in [1.82, 2.24) is 10.3 Å². The molecule has 0 aliphatic carbocycles. The third-order valence-electron chi connectivity index (χ3n) is 2.87. The minimum Gasteiger partial charge on any atom is -0.495 e. The van der Waals surface area contributed by atoms with Crippen LogP contribution in [0, 0.1) is 0 Å². The van der Waals surface area contributed by atoms with Gasteiger partial charge in [-0.25, -0.2) is 0 Å². The van der Waals surface area contributed by atoms with Gasteiger partial charge in [0.2, 0.25) is 0 Å². The number of ether oxygens (including phenoxy) is 2. The second-order valence-electron chi connectivity index (χ2n) is 3.92. The molecular weight excluding hydrogens is 216 g/mol. The maximum Gasteiger partial charge on any atom is 0.142 e. The Balaban J connectivity index is 2.98. The first-order valence-corrected chi connectivity index (χ1v) is 5.97. The molecule has 0 aromatic carbocycles. The molecule has 17 heavy (non-hydrogen) atoms. The van der Waals surface area contributed by atoms with Crippen molar-refractivity contribution in [1.29, 1.82) is 0 Å². The lowest BCUT2D eigenvalue weighted by atomic mass is 10.0. The SMILES string of the molecule is CCCC(OC)C(NC)c1ncccc1OC. The van der Waals surface area contributed by atoms with Gasteiger partial charge in [0.05, 0.1) is 19.3 Å². The Morgan fingerprint density at radius 1 is 1.41 bits per heavy atom. The van der Waals surface area contributed by atoms with Gasteiger partial charge in [0, 0.05) is 13.3 Å². The Labute approximate surface area is 103 Å². The second kappa shape index (κ2) is 7.25. The van der Waals surface area contributed by atoms with Crippen LogP contribution in [0.1, 0.15) is 31.5 Å². The van der Waals surface area contributed by atoms with Gasteiger partial charge in [-0.15, -0.1) is 0 Å². The zero-order valence-corrected chi connectivity index (χ0v) is 11.1. The minimum absolute atomic E-state index is 0.0519. The minimum atomic E-state index is 0.0519. The molecule has 0 aliphatic rings. The van der Waals surface area contributed by atoms with E-state index in [1.54, 1.807) is 20.4 Å². The summed E-state index contributed by atoms with van der Waals surface area (Å²) in [7, 11) is 5.31. The predicted molar refractivity (Wildman–Crippen MR) is 68.3 cm³/mol. The predicted octanol–water partition coefficient (Wildman–Crippen LogP) is 2.17. The number of hydrogen-bond acceptors (Lipinski definition) is 4. The van der Waals surface area contributed by atoms with Crippen molar-refractivity contribution in [2.24, 2.45) is 0 Å². The number of nitrogens with one attached hydrogen (secondary N) is 1. The average Bonchev–Trinajstić information content (AvgIpc) is 2.39. The average molecular weight is 238 g/mol. The molecule has 0 amide bonds. The van der Waals surface area contributed by atoms with Crippen LogP contribution in [0.4, 0.5) is 0 Å². The fourth-order valence-corrected chi connectivity index (χ4v) is 2.01. The second-order valence-corrected chi connectivity index (χ2v) is 3.92. The van der Waals surface area contributed by atoms with Crippen molar-refractivity contribution in [3.05, 3.63) is 24.0 Å². The third-order valence-corrected chi connectivity index (χ3v) is 2.87. The number of methoxy groups -OCH3 is 2. The number of aromatic nitrogens is 1. The van der Waals surface area contributed by atoms with Gasteiger partial charge in [-0.1, -0.05) is 13.3 Å². The van der Waals surface area contributed by atoms with Gasteiger partial charge < -0.3 is 14.8 Å². The molecule has 0 saturated carbocycles. The molecule has 1 aromatic heterocycles. The van der Waals surface area contributed by atoms with Crippen LogP contribution in [-0.4, -0.2) is 32.4 Å². The molecule has 1 heterocycles. The highest BCUT2D eigenvalue weighted by atomic mass is 16.5. The Bertz CT molecular complexity index is 331. The van der Waals surface area contributed by atoms with E-state index < -0.39 is 0 Å². The van der Waals surface area contributed by atoms with Gasteiger partial charge in [0.1, 0.15) is 11.4 Å². The molecule has 0 bridgehead atoms. The lowest BCUT2D eigenvalue weighted by Crippen LogP contribution is -2.32. The molecular formula is C13H22N2O2. The van der Waals surface area contributed by atoms with Crippen LogP contribution in [0.15, 0.2) is 18.3 Å². The Morgan fingerprint density at radius 2 is 2.18 bits per heavy atom. The summed E-state index contributed by atoms with van der Waals surface area (Å²) in [6.45, 7) is 2.15. The van der Waals surface area contributed by atoms with Gasteiger partial charge in [-0.2, -0.15) is 0 Å². The summed E-state index contributed by atoms with van der Waals surface area (Å²) >= 11 is 0. The maximum atomic E-state index is 5.54. The molecule has 0 fully saturated rings. The van der Waals surface area contributed by atoms with E-state index >= 15 is 0 Å². The normalized spacial score (nSPS) is 14.4. The molecule has 2 atom stereocenters. The summed E-state index contributed by atoms with van der Waals surface area (Å²) in [5.41, 5.74) is 0.901. The molecule has 1 rings (SSSR count). The highest BCUT2D eigenvalue weighted by Gasteiger charge is 2.24. The Kier molecular flexibility index (Phi) is 5.94.